The second kappa shape index (κ2) is 4.98. The lowest BCUT2D eigenvalue weighted by Crippen LogP contribution is -2.07. The fourth-order valence-electron chi connectivity index (χ4n) is 1.57. The van der Waals surface area contributed by atoms with E-state index < -0.39 is 0 Å². The van der Waals surface area contributed by atoms with Crippen molar-refractivity contribution in [1.82, 2.24) is 4.98 Å². The highest BCUT2D eigenvalue weighted by Gasteiger charge is 2.10. The molecule has 0 aliphatic carbocycles. The standard InChI is InChI=1S/C13H13N3S/c1-9-8-17-13(15-9)10(2)16-12-6-4-3-5-11(12)7-14/h3-6,8,10,16H,1-2H3. The van der Waals surface area contributed by atoms with Gasteiger partial charge in [-0.1, -0.05) is 12.1 Å². The third-order valence-electron chi connectivity index (χ3n) is 2.43. The Labute approximate surface area is 105 Å². The van der Waals surface area contributed by atoms with Gasteiger partial charge in [0.25, 0.3) is 0 Å². The van der Waals surface area contributed by atoms with E-state index in [9.17, 15) is 0 Å². The van der Waals surface area contributed by atoms with Crippen LogP contribution in [0.15, 0.2) is 29.6 Å². The van der Waals surface area contributed by atoms with Crippen LogP contribution in [0.3, 0.4) is 0 Å². The maximum Gasteiger partial charge on any atom is 0.115 e. The third kappa shape index (κ3) is 2.63. The summed E-state index contributed by atoms with van der Waals surface area (Å²) in [4.78, 5) is 4.44. The van der Waals surface area contributed by atoms with E-state index in [-0.39, 0.29) is 6.04 Å². The molecule has 0 bridgehead atoms. The fourth-order valence-corrected chi connectivity index (χ4v) is 2.38. The van der Waals surface area contributed by atoms with Gasteiger partial charge in [-0.3, -0.25) is 0 Å². The molecule has 1 atom stereocenters. The first kappa shape index (κ1) is 11.6. The summed E-state index contributed by atoms with van der Waals surface area (Å²) >= 11 is 1.63. The molecule has 1 aromatic heterocycles. The van der Waals surface area contributed by atoms with Crippen molar-refractivity contribution < 1.29 is 0 Å². The van der Waals surface area contributed by atoms with E-state index in [1.54, 1.807) is 11.3 Å². The summed E-state index contributed by atoms with van der Waals surface area (Å²) in [5.74, 6) is 0. The molecule has 1 unspecified atom stereocenters. The molecule has 86 valence electrons. The summed E-state index contributed by atoms with van der Waals surface area (Å²) in [7, 11) is 0. The Hall–Kier alpha value is -1.86. The number of benzene rings is 1. The Balaban J connectivity index is 2.19. The number of aryl methyl sites for hydroxylation is 1. The lowest BCUT2D eigenvalue weighted by atomic mass is 10.2. The predicted octanol–water partition coefficient (Wildman–Crippen LogP) is 3.50. The normalized spacial score (nSPS) is 11.8. The molecule has 1 N–H and O–H groups in total. The Morgan fingerprint density at radius 3 is 2.82 bits per heavy atom. The van der Waals surface area contributed by atoms with E-state index in [1.807, 2.05) is 43.5 Å². The highest BCUT2D eigenvalue weighted by molar-refractivity contribution is 7.09. The van der Waals surface area contributed by atoms with Crippen molar-refractivity contribution in [3.63, 3.8) is 0 Å². The SMILES string of the molecule is Cc1csc(C(C)Nc2ccccc2C#N)n1. The number of nitrogens with one attached hydrogen (secondary N) is 1. The fraction of sp³-hybridized carbons (Fsp3) is 0.231. The largest absolute Gasteiger partial charge is 0.375 e. The van der Waals surface area contributed by atoms with E-state index in [1.165, 1.54) is 0 Å². The minimum absolute atomic E-state index is 0.114. The van der Waals surface area contributed by atoms with Crippen molar-refractivity contribution >= 4 is 17.0 Å². The number of thiazole rings is 1. The van der Waals surface area contributed by atoms with Gasteiger partial charge in [-0.05, 0) is 26.0 Å². The molecule has 2 aromatic rings. The quantitative estimate of drug-likeness (QED) is 0.897. The molecule has 1 heterocycles. The second-order valence-electron chi connectivity index (χ2n) is 3.85. The first-order valence-electron chi connectivity index (χ1n) is 5.38. The lowest BCUT2D eigenvalue weighted by Gasteiger charge is -2.13. The van der Waals surface area contributed by atoms with Crippen LogP contribution in [-0.2, 0) is 0 Å². The van der Waals surface area contributed by atoms with Crippen molar-refractivity contribution in [2.45, 2.75) is 19.9 Å². The van der Waals surface area contributed by atoms with Crippen LogP contribution in [0, 0.1) is 18.3 Å². The molecule has 0 spiro atoms. The molecule has 0 fully saturated rings. The van der Waals surface area contributed by atoms with Crippen molar-refractivity contribution in [3.05, 3.63) is 45.9 Å². The molecule has 3 nitrogen and oxygen atoms in total. The molecule has 17 heavy (non-hydrogen) atoms. The Bertz CT molecular complexity index is 554. The summed E-state index contributed by atoms with van der Waals surface area (Å²) in [5.41, 5.74) is 2.55. The van der Waals surface area contributed by atoms with E-state index in [0.717, 1.165) is 16.4 Å². The van der Waals surface area contributed by atoms with E-state index in [0.29, 0.717) is 5.56 Å². The van der Waals surface area contributed by atoms with Crippen LogP contribution < -0.4 is 5.32 Å². The van der Waals surface area contributed by atoms with Crippen LogP contribution in [0.4, 0.5) is 5.69 Å². The number of rotatable bonds is 3. The van der Waals surface area contributed by atoms with Gasteiger partial charge < -0.3 is 5.32 Å². The average molecular weight is 243 g/mol. The number of hydrogen-bond donors (Lipinski definition) is 1. The maximum atomic E-state index is 9.00. The van der Waals surface area contributed by atoms with Gasteiger partial charge in [-0.2, -0.15) is 5.26 Å². The molecular weight excluding hydrogens is 230 g/mol. The van der Waals surface area contributed by atoms with Gasteiger partial charge >= 0.3 is 0 Å². The number of nitrogens with zero attached hydrogens (tertiary/aromatic N) is 2. The van der Waals surface area contributed by atoms with Gasteiger partial charge in [0.15, 0.2) is 0 Å². The van der Waals surface area contributed by atoms with E-state index in [2.05, 4.69) is 16.4 Å². The Morgan fingerprint density at radius 1 is 1.41 bits per heavy atom. The lowest BCUT2D eigenvalue weighted by molar-refractivity contribution is 0.863. The van der Waals surface area contributed by atoms with E-state index in [4.69, 9.17) is 5.26 Å². The third-order valence-corrected chi connectivity index (χ3v) is 3.57. The molecule has 0 radical (unpaired) electrons. The van der Waals surface area contributed by atoms with Gasteiger partial charge in [0.2, 0.25) is 0 Å². The Kier molecular flexibility index (Phi) is 3.40. The first-order chi connectivity index (χ1) is 8.20. The van der Waals surface area contributed by atoms with Crippen LogP contribution >= 0.6 is 11.3 Å². The Morgan fingerprint density at radius 2 is 2.18 bits per heavy atom. The number of hydrogen-bond acceptors (Lipinski definition) is 4. The van der Waals surface area contributed by atoms with Gasteiger partial charge in [-0.25, -0.2) is 4.98 Å². The van der Waals surface area contributed by atoms with Crippen molar-refractivity contribution in [2.24, 2.45) is 0 Å². The van der Waals surface area contributed by atoms with Crippen molar-refractivity contribution in [1.29, 1.82) is 5.26 Å². The van der Waals surface area contributed by atoms with Gasteiger partial charge in [0, 0.05) is 11.1 Å². The molecule has 0 amide bonds. The summed E-state index contributed by atoms with van der Waals surface area (Å²) in [6.45, 7) is 4.03. The topological polar surface area (TPSA) is 48.7 Å². The minimum Gasteiger partial charge on any atom is -0.375 e. The number of nitriles is 1. The van der Waals surface area contributed by atoms with Crippen molar-refractivity contribution in [3.8, 4) is 6.07 Å². The monoisotopic (exact) mass is 243 g/mol. The van der Waals surface area contributed by atoms with Gasteiger partial charge in [-0.15, -0.1) is 11.3 Å². The zero-order valence-corrected chi connectivity index (χ0v) is 10.6. The van der Waals surface area contributed by atoms with Crippen LogP contribution in [-0.4, -0.2) is 4.98 Å². The summed E-state index contributed by atoms with van der Waals surface area (Å²) < 4.78 is 0. The van der Waals surface area contributed by atoms with Crippen LogP contribution in [0.2, 0.25) is 0 Å². The summed E-state index contributed by atoms with van der Waals surface area (Å²) in [5, 5.41) is 15.4. The molecule has 0 saturated carbocycles. The first-order valence-corrected chi connectivity index (χ1v) is 6.26. The zero-order valence-electron chi connectivity index (χ0n) is 9.77. The van der Waals surface area contributed by atoms with Crippen LogP contribution in [0.5, 0.6) is 0 Å². The number of aromatic nitrogens is 1. The molecule has 1 aromatic carbocycles. The molecule has 2 rings (SSSR count). The summed E-state index contributed by atoms with van der Waals surface area (Å²) in [6, 6.07) is 9.79. The average Bonchev–Trinajstić information content (AvgIpc) is 2.77. The second-order valence-corrected chi connectivity index (χ2v) is 4.74. The van der Waals surface area contributed by atoms with Gasteiger partial charge in [0.1, 0.15) is 11.1 Å². The van der Waals surface area contributed by atoms with Gasteiger partial charge in [0.05, 0.1) is 17.3 Å². The molecule has 0 aliphatic rings. The maximum absolute atomic E-state index is 9.00. The van der Waals surface area contributed by atoms with Crippen LogP contribution in [0.25, 0.3) is 0 Å². The minimum atomic E-state index is 0.114. The number of para-hydroxylation sites is 1. The molecular formula is C13H13N3S. The molecule has 0 saturated heterocycles. The van der Waals surface area contributed by atoms with E-state index >= 15 is 0 Å². The van der Waals surface area contributed by atoms with Crippen molar-refractivity contribution in [2.75, 3.05) is 5.32 Å². The molecule has 4 heteroatoms. The predicted molar refractivity (Wildman–Crippen MR) is 70.0 cm³/mol. The summed E-state index contributed by atoms with van der Waals surface area (Å²) in [6.07, 6.45) is 0. The molecule has 0 aliphatic heterocycles. The number of anilines is 1. The zero-order chi connectivity index (χ0) is 12.3. The smallest absolute Gasteiger partial charge is 0.115 e. The highest BCUT2D eigenvalue weighted by Crippen LogP contribution is 2.24. The van der Waals surface area contributed by atoms with Crippen LogP contribution in [0.1, 0.15) is 29.2 Å². The highest BCUT2D eigenvalue weighted by atomic mass is 32.1.